The molecule has 6 atom stereocenters. The largest absolute Gasteiger partial charge is 0.490 e. The first-order valence-corrected chi connectivity index (χ1v) is 14.3. The van der Waals surface area contributed by atoms with Crippen LogP contribution in [0.1, 0.15) is 22.0 Å². The molecule has 1 fully saturated rings. The average molecular weight is 588 g/mol. The van der Waals surface area contributed by atoms with Gasteiger partial charge < -0.3 is 34.5 Å². The van der Waals surface area contributed by atoms with Gasteiger partial charge in [-0.1, -0.05) is 18.2 Å². The molecule has 0 radical (unpaired) electrons. The van der Waals surface area contributed by atoms with Gasteiger partial charge in [0, 0.05) is 11.8 Å². The maximum atomic E-state index is 12.7. The van der Waals surface area contributed by atoms with Crippen molar-refractivity contribution in [2.75, 3.05) is 6.61 Å². The Morgan fingerprint density at radius 1 is 0.973 bits per heavy atom. The van der Waals surface area contributed by atoms with E-state index in [0.717, 1.165) is 6.20 Å². The summed E-state index contributed by atoms with van der Waals surface area (Å²) < 4.78 is 51.2. The van der Waals surface area contributed by atoms with Crippen molar-refractivity contribution >= 4 is 29.4 Å². The van der Waals surface area contributed by atoms with Gasteiger partial charge in [0.05, 0.1) is 12.2 Å². The molecular formula is C16H19N2O16P3. The number of carbonyl (C=O) groups is 1. The van der Waals surface area contributed by atoms with Crippen molar-refractivity contribution in [3.05, 3.63) is 68.5 Å². The van der Waals surface area contributed by atoms with E-state index in [1.165, 1.54) is 24.3 Å². The molecule has 0 saturated carbocycles. The summed E-state index contributed by atoms with van der Waals surface area (Å²) in [4.78, 5) is 74.8. The van der Waals surface area contributed by atoms with E-state index >= 15 is 0 Å². The number of nitrogens with one attached hydrogen (secondary N) is 1. The number of phosphoric acid groups is 3. The summed E-state index contributed by atoms with van der Waals surface area (Å²) in [6, 6.07) is 7.44. The monoisotopic (exact) mass is 588 g/mol. The number of H-pyrrole nitrogens is 1. The molecule has 21 heteroatoms. The summed E-state index contributed by atoms with van der Waals surface area (Å²) >= 11 is 0. The first-order valence-electron chi connectivity index (χ1n) is 9.75. The quantitative estimate of drug-likeness (QED) is 0.168. The van der Waals surface area contributed by atoms with Crippen LogP contribution in [0.2, 0.25) is 0 Å². The molecule has 0 bridgehead atoms. The Morgan fingerprint density at radius 3 is 2.19 bits per heavy atom. The van der Waals surface area contributed by atoms with E-state index in [0.29, 0.717) is 4.57 Å². The van der Waals surface area contributed by atoms with Crippen LogP contribution in [0, 0.1) is 0 Å². The van der Waals surface area contributed by atoms with Gasteiger partial charge in [-0.05, 0) is 12.1 Å². The zero-order valence-electron chi connectivity index (χ0n) is 18.0. The second kappa shape index (κ2) is 10.9. The van der Waals surface area contributed by atoms with E-state index in [2.05, 4.69) is 13.1 Å². The Hall–Kier alpha value is -2.14. The van der Waals surface area contributed by atoms with Crippen LogP contribution < -0.4 is 11.2 Å². The summed E-state index contributed by atoms with van der Waals surface area (Å²) in [5, 5.41) is 20.6. The number of aromatic amines is 1. The van der Waals surface area contributed by atoms with Gasteiger partial charge in [0.1, 0.15) is 24.4 Å². The number of aromatic nitrogens is 2. The molecule has 18 nitrogen and oxygen atoms in total. The third-order valence-corrected chi connectivity index (χ3v) is 8.50. The first-order chi connectivity index (χ1) is 17.0. The van der Waals surface area contributed by atoms with Crippen molar-refractivity contribution in [3.63, 3.8) is 0 Å². The SMILES string of the molecule is O=C(c1ccccc1)n1cc([C@@H]2O[C@H](COP(=O)(O)OP(=O)(O)OP(=O)(O)O)[C@@H](O)[C@H]2O)c(=O)[nH]c1=O. The standard InChI is InChI=1S/C16H19N2O16P3/c19-11-10(7-31-36(27,28)34-37(29,30)33-35(24,25)26)32-13(12(11)20)9-6-18(16(23)17-14(9)21)15(22)8-4-2-1-3-5-8/h1-6,10-13,19-20H,7H2,(H,27,28)(H,29,30)(H,17,21,23)(H2,24,25,26)/t10-,11-,12-,13+/m1/s1. The number of hydrogen-bond donors (Lipinski definition) is 7. The number of ether oxygens (including phenoxy) is 1. The maximum Gasteiger partial charge on any atom is 0.490 e. The van der Waals surface area contributed by atoms with Crippen LogP contribution in [-0.2, 0) is 31.6 Å². The predicted octanol–water partition coefficient (Wildman–Crippen LogP) is -1.27. The number of phosphoric ester groups is 1. The number of aliphatic hydroxyl groups excluding tert-OH is 2. The van der Waals surface area contributed by atoms with Crippen LogP contribution in [0.4, 0.5) is 0 Å². The van der Waals surface area contributed by atoms with Crippen molar-refractivity contribution in [1.82, 2.24) is 9.55 Å². The zero-order valence-corrected chi connectivity index (χ0v) is 20.7. The highest BCUT2D eigenvalue weighted by Crippen LogP contribution is 2.66. The summed E-state index contributed by atoms with van der Waals surface area (Å²) in [5.41, 5.74) is -2.62. The van der Waals surface area contributed by atoms with Crippen LogP contribution >= 0.6 is 23.5 Å². The van der Waals surface area contributed by atoms with E-state index in [1.54, 1.807) is 6.07 Å². The highest BCUT2D eigenvalue weighted by molar-refractivity contribution is 7.66. The molecule has 0 spiro atoms. The van der Waals surface area contributed by atoms with Crippen LogP contribution in [0.5, 0.6) is 0 Å². The Labute approximate surface area is 205 Å². The van der Waals surface area contributed by atoms with Crippen molar-refractivity contribution in [1.29, 1.82) is 0 Å². The average Bonchev–Trinajstić information content (AvgIpc) is 3.04. The number of aliphatic hydroxyl groups is 2. The Bertz CT molecular complexity index is 1420. The first kappa shape index (κ1) is 29.4. The smallest absolute Gasteiger partial charge is 0.387 e. The molecule has 3 rings (SSSR count). The van der Waals surface area contributed by atoms with Crippen LogP contribution in [0.15, 0.2) is 46.1 Å². The van der Waals surface area contributed by atoms with E-state index in [9.17, 15) is 43.2 Å². The molecule has 1 aliphatic rings. The third kappa shape index (κ3) is 7.46. The van der Waals surface area contributed by atoms with E-state index < -0.39 is 77.2 Å². The molecule has 0 aliphatic carbocycles. The second-order valence-electron chi connectivity index (χ2n) is 7.35. The van der Waals surface area contributed by atoms with Crippen LogP contribution in [0.3, 0.4) is 0 Å². The minimum Gasteiger partial charge on any atom is -0.387 e. The van der Waals surface area contributed by atoms with E-state index in [4.69, 9.17) is 19.4 Å². The van der Waals surface area contributed by atoms with Crippen molar-refractivity contribution in [2.24, 2.45) is 0 Å². The van der Waals surface area contributed by atoms with Gasteiger partial charge in [0.25, 0.3) is 11.5 Å². The minimum atomic E-state index is -5.80. The van der Waals surface area contributed by atoms with Crippen molar-refractivity contribution in [2.45, 2.75) is 24.4 Å². The lowest BCUT2D eigenvalue weighted by Crippen LogP contribution is -2.38. The van der Waals surface area contributed by atoms with Gasteiger partial charge in [0.2, 0.25) is 0 Å². The van der Waals surface area contributed by atoms with Crippen LogP contribution in [0.25, 0.3) is 0 Å². The molecular weight excluding hydrogens is 569 g/mol. The van der Waals surface area contributed by atoms with Gasteiger partial charge in [0.15, 0.2) is 0 Å². The fraction of sp³-hybridized carbons (Fsp3) is 0.312. The van der Waals surface area contributed by atoms with Gasteiger partial charge in [-0.2, -0.15) is 8.62 Å². The van der Waals surface area contributed by atoms with Gasteiger partial charge in [-0.3, -0.25) is 19.1 Å². The Balaban J connectivity index is 1.78. The van der Waals surface area contributed by atoms with E-state index in [1.807, 2.05) is 4.98 Å². The van der Waals surface area contributed by atoms with Crippen LogP contribution in [-0.4, -0.2) is 70.2 Å². The molecule has 0 amide bonds. The molecule has 204 valence electrons. The number of rotatable bonds is 9. The molecule has 1 aromatic heterocycles. The molecule has 1 saturated heterocycles. The van der Waals surface area contributed by atoms with Gasteiger partial charge in [-0.25, -0.2) is 23.1 Å². The maximum absolute atomic E-state index is 12.7. The van der Waals surface area contributed by atoms with Gasteiger partial charge >= 0.3 is 29.2 Å². The molecule has 1 aromatic carbocycles. The minimum absolute atomic E-state index is 0.0735. The normalized spacial score (nSPS) is 25.4. The van der Waals surface area contributed by atoms with Gasteiger partial charge in [-0.15, -0.1) is 0 Å². The van der Waals surface area contributed by atoms with Crippen molar-refractivity contribution in [3.8, 4) is 0 Å². The molecule has 2 heterocycles. The number of nitrogens with zero attached hydrogens (tertiary/aromatic N) is 1. The fourth-order valence-electron chi connectivity index (χ4n) is 3.17. The summed E-state index contributed by atoms with van der Waals surface area (Å²) in [6.07, 6.45) is -6.39. The zero-order chi connectivity index (χ0) is 27.8. The predicted molar refractivity (Wildman–Crippen MR) is 117 cm³/mol. The highest BCUT2D eigenvalue weighted by Gasteiger charge is 2.47. The number of hydrogen-bond acceptors (Lipinski definition) is 12. The lowest BCUT2D eigenvalue weighted by Gasteiger charge is -2.19. The van der Waals surface area contributed by atoms with E-state index in [-0.39, 0.29) is 5.56 Å². The number of carbonyl (C=O) groups excluding carboxylic acids is 1. The Kier molecular flexibility index (Phi) is 8.68. The molecule has 2 aromatic rings. The lowest BCUT2D eigenvalue weighted by molar-refractivity contribution is -0.0228. The lowest BCUT2D eigenvalue weighted by atomic mass is 10.0. The number of benzene rings is 1. The van der Waals surface area contributed by atoms with Crippen molar-refractivity contribution < 1.29 is 66.2 Å². The molecule has 1 aliphatic heterocycles. The second-order valence-corrected chi connectivity index (χ2v) is 11.8. The summed E-state index contributed by atoms with van der Waals surface area (Å²) in [6.45, 7) is -1.13. The summed E-state index contributed by atoms with van der Waals surface area (Å²) in [7, 11) is -17.0. The summed E-state index contributed by atoms with van der Waals surface area (Å²) in [5.74, 6) is -0.847. The highest BCUT2D eigenvalue weighted by atomic mass is 31.3. The molecule has 7 N–H and O–H groups in total. The molecule has 2 unspecified atom stereocenters. The Morgan fingerprint density at radius 2 is 1.59 bits per heavy atom. The third-order valence-electron chi connectivity index (χ3n) is 4.70. The topological polar surface area (TPSA) is 281 Å². The molecule has 37 heavy (non-hydrogen) atoms. The fourth-order valence-corrected chi connectivity index (χ4v) is 6.20.